The molecule has 7 atom stereocenters. The number of carbonyl (C=O) groups is 8. The lowest BCUT2D eigenvalue weighted by Crippen LogP contribution is -2.64. The maximum absolute atomic E-state index is 15.2. The van der Waals surface area contributed by atoms with Gasteiger partial charge in [0, 0.05) is 89.0 Å². The summed E-state index contributed by atoms with van der Waals surface area (Å²) in [6.07, 6.45) is -0.779. The summed E-state index contributed by atoms with van der Waals surface area (Å²) in [5.74, 6) is -7.10. The molecule has 9 rings (SSSR count). The molecule has 0 radical (unpaired) electrons. The lowest BCUT2D eigenvalue weighted by atomic mass is 9.83. The second kappa shape index (κ2) is 27.3. The van der Waals surface area contributed by atoms with Crippen molar-refractivity contribution in [1.29, 1.82) is 0 Å². The number of rotatable bonds is 17. The average molecular weight is 1240 g/mol. The Morgan fingerprint density at radius 1 is 0.831 bits per heavy atom. The van der Waals surface area contributed by atoms with Crippen molar-refractivity contribution in [2.45, 2.75) is 122 Å². The van der Waals surface area contributed by atoms with E-state index in [-0.39, 0.29) is 75.2 Å². The Balaban J connectivity index is 0.944. The second-order valence-corrected chi connectivity index (χ2v) is 25.1. The lowest BCUT2D eigenvalue weighted by molar-refractivity contribution is -0.144. The highest BCUT2D eigenvalue weighted by molar-refractivity contribution is 6.05. The van der Waals surface area contributed by atoms with Crippen LogP contribution in [0.25, 0.3) is 0 Å². The van der Waals surface area contributed by atoms with E-state index < -0.39 is 113 Å². The molecule has 0 saturated carbocycles. The summed E-state index contributed by atoms with van der Waals surface area (Å²) in [6, 6.07) is 14.4. The van der Waals surface area contributed by atoms with E-state index >= 15 is 13.6 Å². The Labute approximate surface area is 515 Å². The number of ether oxygens (including phenoxy) is 3. The molecule has 3 fully saturated rings. The van der Waals surface area contributed by atoms with Crippen molar-refractivity contribution < 1.29 is 70.8 Å². The number of carbonyl (C=O) groups excluding carboxylic acids is 7. The number of likely N-dealkylation sites (N-methyl/N-ethyl adjacent to an activating group) is 1. The number of nitrogens with zero attached hydrogens (tertiary/aromatic N) is 6. The van der Waals surface area contributed by atoms with Gasteiger partial charge in [0.15, 0.2) is 0 Å². The molecule has 89 heavy (non-hydrogen) atoms. The Morgan fingerprint density at radius 3 is 2.20 bits per heavy atom. The number of carboxylic acid groups (broad SMARTS) is 1. The molecule has 5 N–H and O–H groups in total. The van der Waals surface area contributed by atoms with Gasteiger partial charge in [0.25, 0.3) is 5.91 Å². The maximum Gasteiger partial charge on any atom is 0.410 e. The Bertz CT molecular complexity index is 3330. The monoisotopic (exact) mass is 1240 g/mol. The number of anilines is 3. The van der Waals surface area contributed by atoms with Gasteiger partial charge in [-0.1, -0.05) is 36.4 Å². The van der Waals surface area contributed by atoms with E-state index in [2.05, 4.69) is 26.2 Å². The Hall–Kier alpha value is -8.13. The van der Waals surface area contributed by atoms with E-state index in [9.17, 15) is 43.1 Å². The van der Waals surface area contributed by atoms with Gasteiger partial charge in [-0.05, 0) is 144 Å². The van der Waals surface area contributed by atoms with Gasteiger partial charge in [-0.15, -0.1) is 0 Å². The number of fused-ring (bicyclic) bond motifs is 2. The molecule has 4 aromatic rings. The number of piperazine rings is 1. The van der Waals surface area contributed by atoms with Gasteiger partial charge in [-0.2, -0.15) is 0 Å². The summed E-state index contributed by atoms with van der Waals surface area (Å²) in [7, 11) is 1.38. The van der Waals surface area contributed by atoms with Crippen molar-refractivity contribution in [3.63, 3.8) is 0 Å². The standard InChI is InChI=1S/C64H79F3N10O12/c1-37-30-74(46(33-75(37)61(84)85)32-73-22-25-88-35-38(73)2)34-53(79)77-36-64(7,48-19-14-41(27-51(48)77)26-40-12-16-44(65)17-13-40)60(83)68-29-52(78)69-45-18-15-43-31-76(56(47(43)28-45)58(81)71-55-49(66)10-9-11-50(55)67)59(82)54(42-20-23-87-24-21-42)70-57(80)39(3)72(8)62(86)89-63(4,5)6/h9-19,27-28,37-39,42,46,54,56H,20-26,29-36H2,1-8H3,(H,68,83)(H,69,78)(H,70,80)(H,71,81)(H,84,85)/t37-,38-,39?,46+,54?,56+,64-/m1/s1. The maximum atomic E-state index is 15.2. The molecular formula is C64H79F3N10O12. The van der Waals surface area contributed by atoms with Crippen molar-refractivity contribution in [1.82, 2.24) is 35.1 Å². The van der Waals surface area contributed by atoms with Gasteiger partial charge in [0.1, 0.15) is 46.9 Å². The van der Waals surface area contributed by atoms with Crippen LogP contribution in [0.15, 0.2) is 78.9 Å². The summed E-state index contributed by atoms with van der Waals surface area (Å²) >= 11 is 0. The summed E-state index contributed by atoms with van der Waals surface area (Å²) < 4.78 is 61.1. The van der Waals surface area contributed by atoms with Crippen LogP contribution in [0.1, 0.15) is 95.2 Å². The highest BCUT2D eigenvalue weighted by Crippen LogP contribution is 2.43. The molecule has 0 aliphatic carbocycles. The third-order valence-corrected chi connectivity index (χ3v) is 17.5. The Kier molecular flexibility index (Phi) is 20.0. The normalized spacial score (nSPS) is 22.1. The molecular weight excluding hydrogens is 1160 g/mol. The van der Waals surface area contributed by atoms with Crippen LogP contribution >= 0.6 is 0 Å². The first-order chi connectivity index (χ1) is 42.2. The molecule has 2 unspecified atom stereocenters. The fraction of sp³-hybridized carbons (Fsp3) is 0.500. The lowest BCUT2D eigenvalue weighted by Gasteiger charge is -2.47. The van der Waals surface area contributed by atoms with Crippen molar-refractivity contribution in [2.75, 3.05) is 94.8 Å². The molecule has 5 aliphatic heterocycles. The van der Waals surface area contributed by atoms with Gasteiger partial charge in [-0.25, -0.2) is 22.8 Å². The first-order valence-electron chi connectivity index (χ1n) is 30.0. The molecule has 5 aliphatic rings. The minimum atomic E-state index is -1.57. The summed E-state index contributed by atoms with van der Waals surface area (Å²) in [4.78, 5) is 122. The van der Waals surface area contributed by atoms with E-state index in [1.807, 2.05) is 24.0 Å². The zero-order valence-electron chi connectivity index (χ0n) is 51.4. The number of halogens is 3. The van der Waals surface area contributed by atoms with E-state index in [1.54, 1.807) is 63.8 Å². The van der Waals surface area contributed by atoms with Crippen LogP contribution in [0.4, 0.5) is 39.8 Å². The number of nitrogens with one attached hydrogen (secondary N) is 4. The molecule has 25 heteroatoms. The van der Waals surface area contributed by atoms with Gasteiger partial charge >= 0.3 is 12.2 Å². The molecule has 478 valence electrons. The smallest absolute Gasteiger partial charge is 0.410 e. The summed E-state index contributed by atoms with van der Waals surface area (Å²) in [6.45, 7) is 14.1. The molecule has 5 heterocycles. The van der Waals surface area contributed by atoms with Crippen molar-refractivity contribution in [2.24, 2.45) is 5.92 Å². The van der Waals surface area contributed by atoms with Crippen molar-refractivity contribution in [3.05, 3.63) is 124 Å². The topological polar surface area (TPSA) is 252 Å². The average Bonchev–Trinajstić information content (AvgIpc) is 1.90. The van der Waals surface area contributed by atoms with Crippen LogP contribution in [0.5, 0.6) is 0 Å². The zero-order chi connectivity index (χ0) is 64.2. The first-order valence-corrected chi connectivity index (χ1v) is 30.0. The number of benzene rings is 4. The number of hydrogen-bond acceptors (Lipinski definition) is 13. The predicted octanol–water partition coefficient (Wildman–Crippen LogP) is 6.02. The predicted molar refractivity (Wildman–Crippen MR) is 322 cm³/mol. The quantitative estimate of drug-likeness (QED) is 0.0812. The number of amides is 8. The van der Waals surface area contributed by atoms with Gasteiger partial charge < -0.3 is 55.3 Å². The van der Waals surface area contributed by atoms with Gasteiger partial charge in [-0.3, -0.25) is 43.5 Å². The number of hydrogen-bond donors (Lipinski definition) is 5. The second-order valence-electron chi connectivity index (χ2n) is 25.1. The molecule has 8 amide bonds. The number of morpholine rings is 1. The third-order valence-electron chi connectivity index (χ3n) is 17.5. The minimum Gasteiger partial charge on any atom is -0.465 e. The molecule has 0 spiro atoms. The van der Waals surface area contributed by atoms with Crippen molar-refractivity contribution >= 4 is 64.7 Å². The molecule has 3 saturated heterocycles. The molecule has 0 bridgehead atoms. The van der Waals surface area contributed by atoms with Gasteiger partial charge in [0.05, 0.1) is 31.7 Å². The highest BCUT2D eigenvalue weighted by atomic mass is 19.1. The van der Waals surface area contributed by atoms with E-state index in [1.165, 1.54) is 48.0 Å². The Morgan fingerprint density at radius 2 is 1.53 bits per heavy atom. The van der Waals surface area contributed by atoms with Crippen molar-refractivity contribution in [3.8, 4) is 0 Å². The highest BCUT2D eigenvalue weighted by Gasteiger charge is 2.49. The van der Waals surface area contributed by atoms with E-state index in [0.717, 1.165) is 34.2 Å². The van der Waals surface area contributed by atoms with Crippen LogP contribution < -0.4 is 26.2 Å². The molecule has 4 aromatic carbocycles. The van der Waals surface area contributed by atoms with Crippen LogP contribution in [0, 0.1) is 23.4 Å². The fourth-order valence-electron chi connectivity index (χ4n) is 12.3. The van der Waals surface area contributed by atoms with E-state index in [4.69, 9.17) is 14.2 Å². The van der Waals surface area contributed by atoms with Crippen LogP contribution in [-0.2, 0) is 61.4 Å². The summed E-state index contributed by atoms with van der Waals surface area (Å²) in [5.41, 5.74) is 0.258. The largest absolute Gasteiger partial charge is 0.465 e. The fourth-order valence-corrected chi connectivity index (χ4v) is 12.3. The number of para-hydroxylation sites is 1. The summed E-state index contributed by atoms with van der Waals surface area (Å²) in [5, 5.41) is 20.8. The zero-order valence-corrected chi connectivity index (χ0v) is 51.4. The van der Waals surface area contributed by atoms with Crippen LogP contribution in [-0.4, -0.2) is 192 Å². The third kappa shape index (κ3) is 15.0. The van der Waals surface area contributed by atoms with Crippen LogP contribution in [0.3, 0.4) is 0 Å². The SMILES string of the molecule is CC(C(=O)NC(C(=O)N1Cc2ccc(NC(=O)CNC(=O)[C@]3(C)CN(C(=O)CN4C[C@@H](C)N(C(=O)O)C[C@@H]4CN4CCOC[C@H]4C)c4cc(Cc5ccc(F)cc5)ccc43)cc2[C@H]1C(=O)Nc1c(F)cccc1F)C1CCOCC1)N(C)C(=O)OC(C)(C)C. The molecule has 0 aromatic heterocycles. The van der Waals surface area contributed by atoms with Gasteiger partial charge in [0.2, 0.25) is 29.5 Å². The first kappa shape index (κ1) is 65.3. The minimum absolute atomic E-state index is 0.0664. The van der Waals surface area contributed by atoms with E-state index in [0.29, 0.717) is 62.4 Å². The van der Waals surface area contributed by atoms with Crippen LogP contribution in [0.2, 0.25) is 0 Å². The molecule has 22 nitrogen and oxygen atoms in total.